The monoisotopic (exact) mass is 243 g/mol. The number of nitriles is 1. The van der Waals surface area contributed by atoms with Crippen molar-refractivity contribution in [1.82, 2.24) is 10.2 Å². The first-order valence-electron chi connectivity index (χ1n) is 6.16. The third kappa shape index (κ3) is 2.52. The van der Waals surface area contributed by atoms with E-state index in [0.29, 0.717) is 17.2 Å². The molecule has 0 aliphatic carbocycles. The van der Waals surface area contributed by atoms with Crippen molar-refractivity contribution in [3.05, 3.63) is 35.4 Å². The molecule has 2 rings (SSSR count). The van der Waals surface area contributed by atoms with Gasteiger partial charge in [-0.1, -0.05) is 0 Å². The number of hydrogen-bond acceptors (Lipinski definition) is 3. The van der Waals surface area contributed by atoms with Crippen LogP contribution in [0, 0.1) is 11.3 Å². The van der Waals surface area contributed by atoms with Crippen LogP contribution in [0.1, 0.15) is 29.8 Å². The molecule has 0 bridgehead atoms. The lowest BCUT2D eigenvalue weighted by atomic mass is 10.1. The van der Waals surface area contributed by atoms with Gasteiger partial charge in [-0.05, 0) is 38.1 Å². The van der Waals surface area contributed by atoms with Crippen molar-refractivity contribution in [1.29, 1.82) is 5.26 Å². The van der Waals surface area contributed by atoms with Crippen LogP contribution < -0.4 is 5.32 Å². The smallest absolute Gasteiger partial charge is 0.254 e. The van der Waals surface area contributed by atoms with Crippen LogP contribution in [0.3, 0.4) is 0 Å². The molecule has 1 heterocycles. The molecule has 4 heteroatoms. The maximum Gasteiger partial charge on any atom is 0.254 e. The minimum absolute atomic E-state index is 0.0420. The Hall–Kier alpha value is -1.86. The van der Waals surface area contributed by atoms with Crippen LogP contribution in [0.5, 0.6) is 0 Å². The summed E-state index contributed by atoms with van der Waals surface area (Å²) in [6.07, 6.45) is 0. The fourth-order valence-corrected chi connectivity index (χ4v) is 2.16. The van der Waals surface area contributed by atoms with E-state index < -0.39 is 0 Å². The van der Waals surface area contributed by atoms with Crippen molar-refractivity contribution in [3.63, 3.8) is 0 Å². The lowest BCUT2D eigenvalue weighted by Gasteiger charge is -2.37. The predicted molar refractivity (Wildman–Crippen MR) is 69.1 cm³/mol. The SMILES string of the molecule is CC1CN(C(=O)c2ccc(C#N)cc2)C(C)CN1. The van der Waals surface area contributed by atoms with Crippen LogP contribution in [0.15, 0.2) is 24.3 Å². The molecule has 1 saturated heterocycles. The fourth-order valence-electron chi connectivity index (χ4n) is 2.16. The Labute approximate surface area is 107 Å². The second-order valence-electron chi connectivity index (χ2n) is 4.80. The van der Waals surface area contributed by atoms with Gasteiger partial charge in [0.25, 0.3) is 5.91 Å². The summed E-state index contributed by atoms with van der Waals surface area (Å²) >= 11 is 0. The molecule has 2 unspecified atom stereocenters. The van der Waals surface area contributed by atoms with E-state index in [9.17, 15) is 4.79 Å². The van der Waals surface area contributed by atoms with Crippen LogP contribution in [-0.2, 0) is 0 Å². The average molecular weight is 243 g/mol. The molecule has 1 aromatic carbocycles. The Kier molecular flexibility index (Phi) is 3.63. The first-order valence-corrected chi connectivity index (χ1v) is 6.16. The minimum atomic E-state index is 0.0420. The van der Waals surface area contributed by atoms with Crippen molar-refractivity contribution >= 4 is 5.91 Å². The van der Waals surface area contributed by atoms with Gasteiger partial charge in [0, 0.05) is 30.7 Å². The molecule has 1 amide bonds. The van der Waals surface area contributed by atoms with E-state index in [-0.39, 0.29) is 11.9 Å². The highest BCUT2D eigenvalue weighted by Crippen LogP contribution is 2.13. The van der Waals surface area contributed by atoms with Gasteiger partial charge in [-0.15, -0.1) is 0 Å². The summed E-state index contributed by atoms with van der Waals surface area (Å²) in [5.74, 6) is 0.0420. The molecule has 18 heavy (non-hydrogen) atoms. The summed E-state index contributed by atoms with van der Waals surface area (Å²) in [4.78, 5) is 14.3. The van der Waals surface area contributed by atoms with Gasteiger partial charge in [-0.2, -0.15) is 5.26 Å². The molecule has 94 valence electrons. The maximum atomic E-state index is 12.4. The van der Waals surface area contributed by atoms with Gasteiger partial charge in [-0.25, -0.2) is 0 Å². The summed E-state index contributed by atoms with van der Waals surface area (Å²) in [5, 5.41) is 12.1. The van der Waals surface area contributed by atoms with Gasteiger partial charge >= 0.3 is 0 Å². The summed E-state index contributed by atoms with van der Waals surface area (Å²) < 4.78 is 0. The Bertz CT molecular complexity index is 475. The minimum Gasteiger partial charge on any atom is -0.333 e. The number of nitrogens with one attached hydrogen (secondary N) is 1. The Morgan fingerprint density at radius 2 is 2.06 bits per heavy atom. The Morgan fingerprint density at radius 1 is 1.39 bits per heavy atom. The second kappa shape index (κ2) is 5.19. The number of benzene rings is 1. The van der Waals surface area contributed by atoms with Crippen LogP contribution in [0.4, 0.5) is 0 Å². The quantitative estimate of drug-likeness (QED) is 0.810. The zero-order valence-corrected chi connectivity index (χ0v) is 10.7. The first kappa shape index (κ1) is 12.6. The lowest BCUT2D eigenvalue weighted by molar-refractivity contribution is 0.0616. The molecule has 0 radical (unpaired) electrons. The van der Waals surface area contributed by atoms with Crippen molar-refractivity contribution in [3.8, 4) is 6.07 Å². The van der Waals surface area contributed by atoms with Gasteiger partial charge < -0.3 is 10.2 Å². The largest absolute Gasteiger partial charge is 0.333 e. The molecule has 0 saturated carbocycles. The zero-order chi connectivity index (χ0) is 13.1. The van der Waals surface area contributed by atoms with Gasteiger partial charge in [0.1, 0.15) is 0 Å². The number of hydrogen-bond donors (Lipinski definition) is 1. The van der Waals surface area contributed by atoms with Crippen LogP contribution in [0.2, 0.25) is 0 Å². The van der Waals surface area contributed by atoms with Crippen molar-refractivity contribution in [2.75, 3.05) is 13.1 Å². The number of piperazine rings is 1. The summed E-state index contributed by atoms with van der Waals surface area (Å²) in [6, 6.07) is 9.39. The van der Waals surface area contributed by atoms with E-state index >= 15 is 0 Å². The highest BCUT2D eigenvalue weighted by molar-refractivity contribution is 5.94. The summed E-state index contributed by atoms with van der Waals surface area (Å²) in [7, 11) is 0. The van der Waals surface area contributed by atoms with E-state index in [4.69, 9.17) is 5.26 Å². The summed E-state index contributed by atoms with van der Waals surface area (Å²) in [5.41, 5.74) is 1.23. The van der Waals surface area contributed by atoms with E-state index in [1.807, 2.05) is 11.8 Å². The van der Waals surface area contributed by atoms with Gasteiger partial charge in [-0.3, -0.25) is 4.79 Å². The molecule has 1 aromatic rings. The van der Waals surface area contributed by atoms with Crippen molar-refractivity contribution < 1.29 is 4.79 Å². The van der Waals surface area contributed by atoms with E-state index in [1.54, 1.807) is 24.3 Å². The maximum absolute atomic E-state index is 12.4. The number of rotatable bonds is 1. The highest BCUT2D eigenvalue weighted by Gasteiger charge is 2.27. The van der Waals surface area contributed by atoms with Crippen LogP contribution >= 0.6 is 0 Å². The molecule has 1 fully saturated rings. The van der Waals surface area contributed by atoms with Gasteiger partial charge in [0.15, 0.2) is 0 Å². The van der Waals surface area contributed by atoms with Crippen molar-refractivity contribution in [2.45, 2.75) is 25.9 Å². The van der Waals surface area contributed by atoms with Crippen LogP contribution in [0.25, 0.3) is 0 Å². The predicted octanol–water partition coefficient (Wildman–Crippen LogP) is 1.38. The number of nitrogens with zero attached hydrogens (tertiary/aromatic N) is 2. The third-order valence-electron chi connectivity index (χ3n) is 3.29. The third-order valence-corrected chi connectivity index (χ3v) is 3.29. The number of carbonyl (C=O) groups is 1. The molecular weight excluding hydrogens is 226 g/mol. The Balaban J connectivity index is 2.16. The summed E-state index contributed by atoms with van der Waals surface area (Å²) in [6.45, 7) is 5.66. The first-order chi connectivity index (χ1) is 8.61. The number of amides is 1. The lowest BCUT2D eigenvalue weighted by Crippen LogP contribution is -2.56. The second-order valence-corrected chi connectivity index (χ2v) is 4.80. The van der Waals surface area contributed by atoms with Gasteiger partial charge in [0.2, 0.25) is 0 Å². The molecule has 0 aromatic heterocycles. The van der Waals surface area contributed by atoms with Crippen molar-refractivity contribution in [2.24, 2.45) is 0 Å². The van der Waals surface area contributed by atoms with E-state index in [0.717, 1.165) is 13.1 Å². The molecular formula is C14H17N3O. The van der Waals surface area contributed by atoms with Crippen LogP contribution in [-0.4, -0.2) is 36.0 Å². The zero-order valence-electron chi connectivity index (χ0n) is 10.7. The molecule has 1 aliphatic heterocycles. The molecule has 1 N–H and O–H groups in total. The van der Waals surface area contributed by atoms with E-state index in [2.05, 4.69) is 18.3 Å². The normalized spacial score (nSPS) is 23.5. The fraction of sp³-hybridized carbons (Fsp3) is 0.429. The average Bonchev–Trinajstić information content (AvgIpc) is 2.41. The standard InChI is InChI=1S/C14H17N3O/c1-10-9-17(11(2)8-16-10)14(18)13-5-3-12(7-15)4-6-13/h3-6,10-11,16H,8-9H2,1-2H3. The molecule has 2 atom stereocenters. The van der Waals surface area contributed by atoms with E-state index in [1.165, 1.54) is 0 Å². The van der Waals surface area contributed by atoms with Gasteiger partial charge in [0.05, 0.1) is 11.6 Å². The Morgan fingerprint density at radius 3 is 2.67 bits per heavy atom. The molecule has 4 nitrogen and oxygen atoms in total. The topological polar surface area (TPSA) is 56.1 Å². The molecule has 0 spiro atoms. The highest BCUT2D eigenvalue weighted by atomic mass is 16.2. The molecule has 1 aliphatic rings. The number of carbonyl (C=O) groups excluding carboxylic acids is 1.